The Labute approximate surface area is 131 Å². The third-order valence-electron chi connectivity index (χ3n) is 3.79. The normalized spacial score (nSPS) is 11.6. The Morgan fingerprint density at radius 3 is 1.05 bits per heavy atom. The SMILES string of the molecule is CC(C)c1ccc(C(Br)c2ccc(C(C)C)cc2)cc1. The first-order chi connectivity index (χ1) is 9.49. The highest BCUT2D eigenvalue weighted by atomic mass is 79.9. The molecule has 0 bridgehead atoms. The molecule has 0 saturated carbocycles. The van der Waals surface area contributed by atoms with Crippen molar-refractivity contribution in [1.29, 1.82) is 0 Å². The lowest BCUT2D eigenvalue weighted by molar-refractivity contribution is 0.863. The van der Waals surface area contributed by atoms with Gasteiger partial charge in [-0.15, -0.1) is 0 Å². The van der Waals surface area contributed by atoms with Crippen molar-refractivity contribution in [2.75, 3.05) is 0 Å². The van der Waals surface area contributed by atoms with Gasteiger partial charge in [-0.2, -0.15) is 0 Å². The Hall–Kier alpha value is -1.08. The van der Waals surface area contributed by atoms with Crippen molar-refractivity contribution in [2.24, 2.45) is 0 Å². The molecule has 0 aromatic heterocycles. The first-order valence-electron chi connectivity index (χ1n) is 7.33. The van der Waals surface area contributed by atoms with E-state index >= 15 is 0 Å². The fraction of sp³-hybridized carbons (Fsp3) is 0.368. The highest BCUT2D eigenvalue weighted by molar-refractivity contribution is 9.09. The molecule has 0 saturated heterocycles. The Kier molecular flexibility index (Phi) is 5.04. The summed E-state index contributed by atoms with van der Waals surface area (Å²) < 4.78 is 0. The van der Waals surface area contributed by atoms with E-state index in [-0.39, 0.29) is 4.83 Å². The van der Waals surface area contributed by atoms with Crippen LogP contribution in [0.1, 0.15) is 66.6 Å². The van der Waals surface area contributed by atoms with Crippen molar-refractivity contribution >= 4 is 15.9 Å². The van der Waals surface area contributed by atoms with Crippen LogP contribution in [0, 0.1) is 0 Å². The molecule has 0 unspecified atom stereocenters. The van der Waals surface area contributed by atoms with Crippen LogP contribution in [-0.4, -0.2) is 0 Å². The van der Waals surface area contributed by atoms with Crippen molar-refractivity contribution < 1.29 is 0 Å². The van der Waals surface area contributed by atoms with Crippen LogP contribution in [0.15, 0.2) is 48.5 Å². The zero-order valence-electron chi connectivity index (χ0n) is 12.7. The average molecular weight is 331 g/mol. The predicted octanol–water partition coefficient (Wildman–Crippen LogP) is 6.42. The van der Waals surface area contributed by atoms with Crippen molar-refractivity contribution in [3.05, 3.63) is 70.8 Å². The van der Waals surface area contributed by atoms with Crippen molar-refractivity contribution in [3.63, 3.8) is 0 Å². The molecule has 0 atom stereocenters. The highest BCUT2D eigenvalue weighted by Crippen LogP contribution is 2.32. The first kappa shape index (κ1) is 15.3. The minimum Gasteiger partial charge on any atom is -0.0786 e. The largest absolute Gasteiger partial charge is 0.0786 e. The number of hydrogen-bond donors (Lipinski definition) is 0. The molecule has 2 aromatic rings. The summed E-state index contributed by atoms with van der Waals surface area (Å²) in [6.45, 7) is 8.91. The molecule has 2 aromatic carbocycles. The van der Waals surface area contributed by atoms with Gasteiger partial charge in [-0.3, -0.25) is 0 Å². The Morgan fingerprint density at radius 1 is 0.550 bits per heavy atom. The van der Waals surface area contributed by atoms with Gasteiger partial charge >= 0.3 is 0 Å². The minimum atomic E-state index is 0.268. The lowest BCUT2D eigenvalue weighted by Gasteiger charge is -2.14. The second-order valence-corrected chi connectivity index (χ2v) is 6.92. The summed E-state index contributed by atoms with van der Waals surface area (Å²) in [5, 5.41) is 0. The topological polar surface area (TPSA) is 0 Å². The monoisotopic (exact) mass is 330 g/mol. The average Bonchev–Trinajstić information content (AvgIpc) is 2.46. The van der Waals surface area contributed by atoms with Crippen LogP contribution >= 0.6 is 15.9 Å². The number of benzene rings is 2. The number of alkyl halides is 1. The molecule has 0 nitrogen and oxygen atoms in total. The first-order valence-corrected chi connectivity index (χ1v) is 8.24. The van der Waals surface area contributed by atoms with E-state index in [9.17, 15) is 0 Å². The molecule has 0 spiro atoms. The van der Waals surface area contributed by atoms with Crippen LogP contribution in [0.4, 0.5) is 0 Å². The molecule has 0 aliphatic carbocycles. The molecule has 0 radical (unpaired) electrons. The molecule has 106 valence electrons. The van der Waals surface area contributed by atoms with E-state index in [1.165, 1.54) is 22.3 Å². The third-order valence-corrected chi connectivity index (χ3v) is 4.85. The summed E-state index contributed by atoms with van der Waals surface area (Å²) in [4.78, 5) is 0.268. The molecule has 0 N–H and O–H groups in total. The molecule has 0 aliphatic rings. The maximum atomic E-state index is 3.82. The Morgan fingerprint density at radius 2 is 0.800 bits per heavy atom. The van der Waals surface area contributed by atoms with Crippen LogP contribution < -0.4 is 0 Å². The molecular formula is C19H23Br. The molecule has 0 fully saturated rings. The lowest BCUT2D eigenvalue weighted by Crippen LogP contribution is -1.95. The highest BCUT2D eigenvalue weighted by Gasteiger charge is 2.11. The number of rotatable bonds is 4. The quantitative estimate of drug-likeness (QED) is 0.567. The van der Waals surface area contributed by atoms with Crippen molar-refractivity contribution in [3.8, 4) is 0 Å². The zero-order valence-corrected chi connectivity index (χ0v) is 14.3. The summed E-state index contributed by atoms with van der Waals surface area (Å²) in [6, 6.07) is 17.8. The fourth-order valence-electron chi connectivity index (χ4n) is 2.29. The van der Waals surface area contributed by atoms with E-state index in [0.29, 0.717) is 11.8 Å². The van der Waals surface area contributed by atoms with Gasteiger partial charge in [-0.05, 0) is 34.1 Å². The Balaban J connectivity index is 2.19. The van der Waals surface area contributed by atoms with E-state index in [1.807, 2.05) is 0 Å². The lowest BCUT2D eigenvalue weighted by atomic mass is 9.97. The molecule has 0 amide bonds. The van der Waals surface area contributed by atoms with Crippen LogP contribution in [-0.2, 0) is 0 Å². The summed E-state index contributed by atoms with van der Waals surface area (Å²) in [6.07, 6.45) is 0. The molecule has 0 aliphatic heterocycles. The van der Waals surface area contributed by atoms with Crippen LogP contribution in [0.5, 0.6) is 0 Å². The minimum absolute atomic E-state index is 0.268. The van der Waals surface area contributed by atoms with Gasteiger partial charge in [0.2, 0.25) is 0 Å². The van der Waals surface area contributed by atoms with Crippen molar-refractivity contribution in [1.82, 2.24) is 0 Å². The predicted molar refractivity (Wildman–Crippen MR) is 91.8 cm³/mol. The van der Waals surface area contributed by atoms with Crippen LogP contribution in [0.2, 0.25) is 0 Å². The summed E-state index contributed by atoms with van der Waals surface area (Å²) in [5.74, 6) is 1.17. The standard InChI is InChI=1S/C19H23Br/c1-13(2)15-5-9-17(10-6-15)19(20)18-11-7-16(8-12-18)14(3)4/h5-14,19H,1-4H3. The van der Waals surface area contributed by atoms with Gasteiger partial charge in [0, 0.05) is 0 Å². The third kappa shape index (κ3) is 3.52. The van der Waals surface area contributed by atoms with Crippen LogP contribution in [0.3, 0.4) is 0 Å². The van der Waals surface area contributed by atoms with Gasteiger partial charge in [-0.1, -0.05) is 92.2 Å². The fourth-order valence-corrected chi connectivity index (χ4v) is 2.90. The summed E-state index contributed by atoms with van der Waals surface area (Å²) in [5.41, 5.74) is 5.41. The maximum Gasteiger partial charge on any atom is 0.0644 e. The Bertz CT molecular complexity index is 483. The van der Waals surface area contributed by atoms with E-state index in [0.717, 1.165) is 0 Å². The van der Waals surface area contributed by atoms with E-state index in [4.69, 9.17) is 0 Å². The molecule has 20 heavy (non-hydrogen) atoms. The second kappa shape index (κ2) is 6.58. The summed E-state index contributed by atoms with van der Waals surface area (Å²) >= 11 is 3.82. The molecule has 2 rings (SSSR count). The van der Waals surface area contributed by atoms with Gasteiger partial charge in [0.05, 0.1) is 4.83 Å². The van der Waals surface area contributed by atoms with Gasteiger partial charge in [-0.25, -0.2) is 0 Å². The summed E-state index contributed by atoms with van der Waals surface area (Å²) in [7, 11) is 0. The maximum absolute atomic E-state index is 3.82. The molecular weight excluding hydrogens is 308 g/mol. The smallest absolute Gasteiger partial charge is 0.0644 e. The molecule has 0 heterocycles. The molecule has 1 heteroatoms. The second-order valence-electron chi connectivity index (χ2n) is 6.01. The number of halogens is 1. The number of hydrogen-bond acceptors (Lipinski definition) is 0. The van der Waals surface area contributed by atoms with Gasteiger partial charge in [0.15, 0.2) is 0 Å². The van der Waals surface area contributed by atoms with E-state index in [2.05, 4.69) is 92.2 Å². The van der Waals surface area contributed by atoms with E-state index < -0.39 is 0 Å². The van der Waals surface area contributed by atoms with E-state index in [1.54, 1.807) is 0 Å². The van der Waals surface area contributed by atoms with Crippen molar-refractivity contribution in [2.45, 2.75) is 44.4 Å². The van der Waals surface area contributed by atoms with Gasteiger partial charge in [0.25, 0.3) is 0 Å². The van der Waals surface area contributed by atoms with Crippen LogP contribution in [0.25, 0.3) is 0 Å². The van der Waals surface area contributed by atoms with Gasteiger partial charge in [0.1, 0.15) is 0 Å². The van der Waals surface area contributed by atoms with Gasteiger partial charge < -0.3 is 0 Å². The zero-order chi connectivity index (χ0) is 14.7.